The van der Waals surface area contributed by atoms with Crippen LogP contribution in [0, 0.1) is 0 Å². The van der Waals surface area contributed by atoms with Crippen molar-refractivity contribution >= 4 is 16.9 Å². The van der Waals surface area contributed by atoms with E-state index < -0.39 is 0 Å². The zero-order valence-electron chi connectivity index (χ0n) is 4.63. The molecule has 1 fully saturated rings. The molecule has 0 saturated carbocycles. The summed E-state index contributed by atoms with van der Waals surface area (Å²) in [7, 11) is 0. The average Bonchev–Trinajstić information content (AvgIpc) is 2.15. The maximum absolute atomic E-state index is 4.30. The van der Waals surface area contributed by atoms with Crippen LogP contribution in [0.4, 0.5) is 0 Å². The fourth-order valence-electron chi connectivity index (χ4n) is 1.05. The van der Waals surface area contributed by atoms with E-state index in [0.717, 1.165) is 6.54 Å². The van der Waals surface area contributed by atoms with Gasteiger partial charge in [0.25, 0.3) is 0 Å². The molecule has 2 aliphatic rings. The van der Waals surface area contributed by atoms with Crippen LogP contribution in [0.15, 0.2) is 4.99 Å². The molecule has 0 radical (unpaired) electrons. The molecule has 1 saturated heterocycles. The van der Waals surface area contributed by atoms with Gasteiger partial charge in [0.05, 0.1) is 6.54 Å². The Morgan fingerprint density at radius 2 is 2.50 bits per heavy atom. The number of hydrogen-bond donors (Lipinski definition) is 0. The Labute approximate surface area is 53.0 Å². The Balaban J connectivity index is 2.20. The van der Waals surface area contributed by atoms with Crippen LogP contribution in [-0.4, -0.2) is 35.5 Å². The molecule has 0 amide bonds. The second kappa shape index (κ2) is 1.65. The van der Waals surface area contributed by atoms with Crippen molar-refractivity contribution in [1.29, 1.82) is 0 Å². The van der Waals surface area contributed by atoms with Gasteiger partial charge in [-0.1, -0.05) is 11.8 Å². The van der Waals surface area contributed by atoms with Gasteiger partial charge in [0.1, 0.15) is 0 Å². The van der Waals surface area contributed by atoms with E-state index in [1.165, 1.54) is 24.0 Å². The van der Waals surface area contributed by atoms with E-state index in [4.69, 9.17) is 0 Å². The van der Waals surface area contributed by atoms with E-state index in [2.05, 4.69) is 9.89 Å². The highest BCUT2D eigenvalue weighted by molar-refractivity contribution is 8.14. The summed E-state index contributed by atoms with van der Waals surface area (Å²) < 4.78 is 0. The van der Waals surface area contributed by atoms with Crippen molar-refractivity contribution in [3.8, 4) is 0 Å². The molecule has 0 aromatic heterocycles. The van der Waals surface area contributed by atoms with Crippen molar-refractivity contribution in [3.63, 3.8) is 0 Å². The Morgan fingerprint density at radius 3 is 3.38 bits per heavy atom. The lowest BCUT2D eigenvalue weighted by Gasteiger charge is -2.06. The molecule has 0 atom stereocenters. The first-order valence-electron chi connectivity index (χ1n) is 2.89. The molecule has 2 rings (SSSR count). The molecule has 0 aromatic rings. The van der Waals surface area contributed by atoms with Crippen molar-refractivity contribution < 1.29 is 0 Å². The van der Waals surface area contributed by atoms with Gasteiger partial charge >= 0.3 is 0 Å². The first-order valence-corrected chi connectivity index (χ1v) is 3.87. The summed E-state index contributed by atoms with van der Waals surface area (Å²) in [6, 6.07) is 0. The van der Waals surface area contributed by atoms with Gasteiger partial charge in [-0.25, -0.2) is 0 Å². The summed E-state index contributed by atoms with van der Waals surface area (Å²) in [5.41, 5.74) is 0. The number of hydrogen-bond acceptors (Lipinski definition) is 3. The predicted octanol–water partition coefficient (Wildman–Crippen LogP) is 0.405. The van der Waals surface area contributed by atoms with E-state index in [9.17, 15) is 0 Å². The Kier molecular flexibility index (Phi) is 0.966. The van der Waals surface area contributed by atoms with Gasteiger partial charge in [-0.05, 0) is 0 Å². The number of fused-ring (bicyclic) bond motifs is 1. The van der Waals surface area contributed by atoms with Crippen LogP contribution in [0.2, 0.25) is 0 Å². The summed E-state index contributed by atoms with van der Waals surface area (Å²) in [6.07, 6.45) is 0. The minimum Gasteiger partial charge on any atom is -0.349 e. The van der Waals surface area contributed by atoms with E-state index in [1.54, 1.807) is 0 Å². The van der Waals surface area contributed by atoms with Crippen LogP contribution >= 0.6 is 11.8 Å². The highest BCUT2D eigenvalue weighted by Crippen LogP contribution is 2.20. The van der Waals surface area contributed by atoms with Gasteiger partial charge in [-0.3, -0.25) is 4.99 Å². The maximum atomic E-state index is 4.30. The fraction of sp³-hybridized carbons (Fsp3) is 0.800. The summed E-state index contributed by atoms with van der Waals surface area (Å²) in [4.78, 5) is 6.66. The minimum absolute atomic E-state index is 1.03. The Morgan fingerprint density at radius 1 is 1.50 bits per heavy atom. The molecule has 0 N–H and O–H groups in total. The molecule has 2 heterocycles. The van der Waals surface area contributed by atoms with Gasteiger partial charge in [-0.15, -0.1) is 0 Å². The molecule has 0 unspecified atom stereocenters. The maximum Gasteiger partial charge on any atom is 0.159 e. The SMILES string of the molecule is C1CN2CCSC2=N1. The zero-order valence-corrected chi connectivity index (χ0v) is 5.45. The van der Waals surface area contributed by atoms with Crippen LogP contribution in [0.25, 0.3) is 0 Å². The smallest absolute Gasteiger partial charge is 0.159 e. The molecule has 2 aliphatic heterocycles. The lowest BCUT2D eigenvalue weighted by molar-refractivity contribution is 0.504. The number of nitrogens with zero attached hydrogens (tertiary/aromatic N) is 2. The third kappa shape index (κ3) is 0.540. The molecular weight excluding hydrogens is 120 g/mol. The third-order valence-electron chi connectivity index (χ3n) is 1.48. The predicted molar refractivity (Wildman–Crippen MR) is 36.3 cm³/mol. The van der Waals surface area contributed by atoms with Crippen molar-refractivity contribution in [3.05, 3.63) is 0 Å². The summed E-state index contributed by atoms with van der Waals surface area (Å²) in [6.45, 7) is 3.42. The van der Waals surface area contributed by atoms with Crippen molar-refractivity contribution in [2.45, 2.75) is 0 Å². The monoisotopic (exact) mass is 128 g/mol. The number of amidine groups is 1. The summed E-state index contributed by atoms with van der Waals surface area (Å²) >= 11 is 1.89. The Bertz CT molecular complexity index is 132. The molecule has 0 aliphatic carbocycles. The van der Waals surface area contributed by atoms with E-state index in [0.29, 0.717) is 0 Å². The topological polar surface area (TPSA) is 15.6 Å². The first kappa shape index (κ1) is 4.68. The molecule has 8 heavy (non-hydrogen) atoms. The molecule has 0 spiro atoms. The van der Waals surface area contributed by atoms with Crippen LogP contribution in [-0.2, 0) is 0 Å². The van der Waals surface area contributed by atoms with E-state index in [1.807, 2.05) is 11.8 Å². The number of thioether (sulfide) groups is 1. The van der Waals surface area contributed by atoms with Crippen LogP contribution in [0.1, 0.15) is 0 Å². The molecule has 44 valence electrons. The van der Waals surface area contributed by atoms with Gasteiger partial charge in [0.15, 0.2) is 5.17 Å². The molecule has 0 bridgehead atoms. The Hall–Kier alpha value is -0.180. The second-order valence-corrected chi connectivity index (χ2v) is 3.06. The minimum atomic E-state index is 1.03. The van der Waals surface area contributed by atoms with Crippen molar-refractivity contribution in [1.82, 2.24) is 4.90 Å². The fourth-order valence-corrected chi connectivity index (χ4v) is 2.10. The summed E-state index contributed by atoms with van der Waals surface area (Å²) in [5.74, 6) is 1.25. The molecule has 0 aromatic carbocycles. The number of rotatable bonds is 0. The zero-order chi connectivity index (χ0) is 5.40. The van der Waals surface area contributed by atoms with Crippen molar-refractivity contribution in [2.24, 2.45) is 4.99 Å². The van der Waals surface area contributed by atoms with Gasteiger partial charge in [-0.2, -0.15) is 0 Å². The van der Waals surface area contributed by atoms with E-state index in [-0.39, 0.29) is 0 Å². The highest BCUT2D eigenvalue weighted by Gasteiger charge is 2.21. The van der Waals surface area contributed by atoms with Gasteiger partial charge in [0, 0.05) is 18.8 Å². The first-order chi connectivity index (χ1) is 3.97. The highest BCUT2D eigenvalue weighted by atomic mass is 32.2. The van der Waals surface area contributed by atoms with Crippen LogP contribution in [0.3, 0.4) is 0 Å². The number of aliphatic imine (C=N–C) groups is 1. The van der Waals surface area contributed by atoms with Crippen LogP contribution < -0.4 is 0 Å². The molecule has 2 nitrogen and oxygen atoms in total. The van der Waals surface area contributed by atoms with Crippen molar-refractivity contribution in [2.75, 3.05) is 25.4 Å². The lowest BCUT2D eigenvalue weighted by atomic mass is 10.6. The quantitative estimate of drug-likeness (QED) is 0.469. The normalized spacial score (nSPS) is 26.0. The molecular formula is C5H8N2S. The standard InChI is InChI=1S/C5H8N2S/c1-2-7-3-4-8-5(7)6-1/h1-4H2. The van der Waals surface area contributed by atoms with E-state index >= 15 is 0 Å². The molecule has 3 heteroatoms. The average molecular weight is 128 g/mol. The van der Waals surface area contributed by atoms with Gasteiger partial charge < -0.3 is 4.90 Å². The largest absolute Gasteiger partial charge is 0.349 e. The van der Waals surface area contributed by atoms with Gasteiger partial charge in [0.2, 0.25) is 0 Å². The van der Waals surface area contributed by atoms with Crippen LogP contribution in [0.5, 0.6) is 0 Å². The second-order valence-electron chi connectivity index (χ2n) is 2.00. The summed E-state index contributed by atoms with van der Waals surface area (Å²) in [5, 5.41) is 1.28. The third-order valence-corrected chi connectivity index (χ3v) is 2.51. The lowest BCUT2D eigenvalue weighted by Crippen LogP contribution is -2.20.